The van der Waals surface area contributed by atoms with E-state index in [4.69, 9.17) is 9.47 Å². The van der Waals surface area contributed by atoms with E-state index < -0.39 is 0 Å². The summed E-state index contributed by atoms with van der Waals surface area (Å²) in [4.78, 5) is 11.6. The highest BCUT2D eigenvalue weighted by Crippen LogP contribution is 2.45. The molecular formula is C12H13BrO3. The molecule has 0 aromatic heterocycles. The van der Waals surface area contributed by atoms with E-state index in [0.717, 1.165) is 10.0 Å². The third kappa shape index (κ3) is 1.71. The summed E-state index contributed by atoms with van der Waals surface area (Å²) < 4.78 is 11.5. The normalized spacial score (nSPS) is 13.3. The summed E-state index contributed by atoms with van der Waals surface area (Å²) in [5.41, 5.74) is 1.68. The summed E-state index contributed by atoms with van der Waals surface area (Å²) in [6.45, 7) is 5.88. The van der Waals surface area contributed by atoms with Crippen molar-refractivity contribution in [1.29, 1.82) is 0 Å². The van der Waals surface area contributed by atoms with Crippen LogP contribution in [0.25, 0.3) is 0 Å². The Labute approximate surface area is 103 Å². The monoisotopic (exact) mass is 284 g/mol. The third-order valence-electron chi connectivity index (χ3n) is 2.60. The first kappa shape index (κ1) is 11.5. The lowest BCUT2D eigenvalue weighted by atomic mass is 9.94. The van der Waals surface area contributed by atoms with Crippen LogP contribution in [0.5, 0.6) is 11.5 Å². The smallest absolute Gasteiger partial charge is 0.231 e. The second kappa shape index (κ2) is 4.09. The van der Waals surface area contributed by atoms with E-state index in [1.807, 2.05) is 0 Å². The van der Waals surface area contributed by atoms with Crippen LogP contribution in [0.1, 0.15) is 42.6 Å². The van der Waals surface area contributed by atoms with Gasteiger partial charge < -0.3 is 9.47 Å². The lowest BCUT2D eigenvalue weighted by Gasteiger charge is -2.14. The van der Waals surface area contributed by atoms with Crippen LogP contribution in [0.2, 0.25) is 0 Å². The molecule has 0 atom stereocenters. The first-order valence-electron chi connectivity index (χ1n) is 5.15. The van der Waals surface area contributed by atoms with Gasteiger partial charge in [0.05, 0.1) is 4.47 Å². The zero-order valence-corrected chi connectivity index (χ0v) is 11.1. The fourth-order valence-electron chi connectivity index (χ4n) is 1.87. The number of rotatable bonds is 2. The molecule has 0 radical (unpaired) electrons. The van der Waals surface area contributed by atoms with Gasteiger partial charge >= 0.3 is 0 Å². The van der Waals surface area contributed by atoms with Gasteiger partial charge in [-0.25, -0.2) is 0 Å². The minimum Gasteiger partial charge on any atom is -0.454 e. The summed E-state index contributed by atoms with van der Waals surface area (Å²) in [7, 11) is 0. The van der Waals surface area contributed by atoms with Gasteiger partial charge in [-0.15, -0.1) is 0 Å². The Morgan fingerprint density at radius 2 is 2.12 bits per heavy atom. The molecule has 1 aromatic rings. The van der Waals surface area contributed by atoms with Crippen molar-refractivity contribution >= 4 is 21.7 Å². The SMILES string of the molecule is CC(=O)c1cc2c(c(Br)c1C(C)C)OCO2. The molecule has 0 amide bonds. The minimum absolute atomic E-state index is 0.0442. The number of hydrogen-bond acceptors (Lipinski definition) is 3. The summed E-state index contributed by atoms with van der Waals surface area (Å²) >= 11 is 3.49. The Balaban J connectivity index is 2.70. The summed E-state index contributed by atoms with van der Waals surface area (Å²) in [5.74, 6) is 1.64. The molecule has 0 aliphatic carbocycles. The summed E-state index contributed by atoms with van der Waals surface area (Å²) in [5, 5.41) is 0. The van der Waals surface area contributed by atoms with Crippen LogP contribution < -0.4 is 9.47 Å². The number of carbonyl (C=O) groups is 1. The molecule has 1 aliphatic rings. The summed E-state index contributed by atoms with van der Waals surface area (Å²) in [6, 6.07) is 1.77. The first-order chi connectivity index (χ1) is 7.52. The second-order valence-corrected chi connectivity index (χ2v) is 4.89. The first-order valence-corrected chi connectivity index (χ1v) is 5.94. The van der Waals surface area contributed by atoms with Crippen LogP contribution in [0.4, 0.5) is 0 Å². The van der Waals surface area contributed by atoms with E-state index >= 15 is 0 Å². The average Bonchev–Trinajstić information content (AvgIpc) is 2.64. The molecule has 0 fully saturated rings. The van der Waals surface area contributed by atoms with E-state index in [9.17, 15) is 4.79 Å². The predicted octanol–water partition coefficient (Wildman–Crippen LogP) is 3.50. The molecule has 0 bridgehead atoms. The molecule has 1 heterocycles. The van der Waals surface area contributed by atoms with Crippen molar-refractivity contribution in [2.75, 3.05) is 6.79 Å². The van der Waals surface area contributed by atoms with Crippen molar-refractivity contribution in [3.05, 3.63) is 21.7 Å². The van der Waals surface area contributed by atoms with Crippen LogP contribution in [0.3, 0.4) is 0 Å². The van der Waals surface area contributed by atoms with Crippen LogP contribution in [0.15, 0.2) is 10.5 Å². The van der Waals surface area contributed by atoms with Gasteiger partial charge in [-0.3, -0.25) is 4.79 Å². The zero-order chi connectivity index (χ0) is 11.9. The van der Waals surface area contributed by atoms with E-state index in [-0.39, 0.29) is 18.5 Å². The molecule has 4 heteroatoms. The molecule has 16 heavy (non-hydrogen) atoms. The quantitative estimate of drug-likeness (QED) is 0.780. The Hall–Kier alpha value is -1.03. The van der Waals surface area contributed by atoms with Gasteiger partial charge in [0.1, 0.15) is 0 Å². The van der Waals surface area contributed by atoms with Crippen molar-refractivity contribution < 1.29 is 14.3 Å². The van der Waals surface area contributed by atoms with Crippen LogP contribution in [-0.2, 0) is 0 Å². The molecular weight excluding hydrogens is 272 g/mol. The average molecular weight is 285 g/mol. The number of benzene rings is 1. The number of hydrogen-bond donors (Lipinski definition) is 0. The van der Waals surface area contributed by atoms with Gasteiger partial charge in [0.25, 0.3) is 0 Å². The fourth-order valence-corrected chi connectivity index (χ4v) is 2.85. The van der Waals surface area contributed by atoms with Crippen molar-refractivity contribution in [3.8, 4) is 11.5 Å². The van der Waals surface area contributed by atoms with Crippen molar-refractivity contribution in [2.24, 2.45) is 0 Å². The van der Waals surface area contributed by atoms with Crippen LogP contribution in [0, 0.1) is 0 Å². The van der Waals surface area contributed by atoms with Gasteiger partial charge in [-0.05, 0) is 40.4 Å². The van der Waals surface area contributed by atoms with Crippen LogP contribution in [-0.4, -0.2) is 12.6 Å². The van der Waals surface area contributed by atoms with Gasteiger partial charge in [0.15, 0.2) is 17.3 Å². The lowest BCUT2D eigenvalue weighted by molar-refractivity contribution is 0.101. The molecule has 0 spiro atoms. The molecule has 1 aromatic carbocycles. The van der Waals surface area contributed by atoms with Crippen LogP contribution >= 0.6 is 15.9 Å². The molecule has 86 valence electrons. The maximum Gasteiger partial charge on any atom is 0.231 e. The highest BCUT2D eigenvalue weighted by Gasteiger charge is 2.25. The Morgan fingerprint density at radius 3 is 2.69 bits per heavy atom. The standard InChI is InChI=1S/C12H13BrO3/c1-6(2)10-8(7(3)14)4-9-12(11(10)13)16-5-15-9/h4,6H,5H2,1-3H3. The number of Topliss-reactive ketones (excluding diaryl/α,β-unsaturated/α-hetero) is 1. The number of fused-ring (bicyclic) bond motifs is 1. The predicted molar refractivity (Wildman–Crippen MR) is 64.4 cm³/mol. The third-order valence-corrected chi connectivity index (χ3v) is 3.39. The molecule has 0 N–H and O–H groups in total. The topological polar surface area (TPSA) is 35.5 Å². The van der Waals surface area contributed by atoms with Gasteiger partial charge in [0, 0.05) is 5.56 Å². The van der Waals surface area contributed by atoms with Crippen molar-refractivity contribution in [3.63, 3.8) is 0 Å². The Bertz CT molecular complexity index is 452. The fraction of sp³-hybridized carbons (Fsp3) is 0.417. The minimum atomic E-state index is 0.0442. The highest BCUT2D eigenvalue weighted by molar-refractivity contribution is 9.10. The van der Waals surface area contributed by atoms with Gasteiger partial charge in [-0.1, -0.05) is 13.8 Å². The lowest BCUT2D eigenvalue weighted by Crippen LogP contribution is -2.03. The maximum atomic E-state index is 11.6. The molecule has 0 saturated heterocycles. The zero-order valence-electron chi connectivity index (χ0n) is 9.46. The van der Waals surface area contributed by atoms with E-state index in [2.05, 4.69) is 29.8 Å². The summed E-state index contributed by atoms with van der Waals surface area (Å²) in [6.07, 6.45) is 0. The second-order valence-electron chi connectivity index (χ2n) is 4.10. The largest absolute Gasteiger partial charge is 0.454 e. The van der Waals surface area contributed by atoms with E-state index in [1.54, 1.807) is 13.0 Å². The maximum absolute atomic E-state index is 11.6. The van der Waals surface area contributed by atoms with Crippen molar-refractivity contribution in [2.45, 2.75) is 26.7 Å². The van der Waals surface area contributed by atoms with Gasteiger partial charge in [0.2, 0.25) is 6.79 Å². The molecule has 3 nitrogen and oxygen atoms in total. The highest BCUT2D eigenvalue weighted by atomic mass is 79.9. The molecule has 0 saturated carbocycles. The number of ether oxygens (including phenoxy) is 2. The van der Waals surface area contributed by atoms with E-state index in [0.29, 0.717) is 17.1 Å². The molecule has 0 unspecified atom stereocenters. The molecule has 2 rings (SSSR count). The van der Waals surface area contributed by atoms with Gasteiger partial charge in [-0.2, -0.15) is 0 Å². The number of ketones is 1. The van der Waals surface area contributed by atoms with E-state index in [1.165, 1.54) is 0 Å². The number of halogens is 1. The number of carbonyl (C=O) groups excluding carboxylic acids is 1. The Morgan fingerprint density at radius 1 is 1.44 bits per heavy atom. The molecule has 1 aliphatic heterocycles. The van der Waals surface area contributed by atoms with Crippen molar-refractivity contribution in [1.82, 2.24) is 0 Å². The Kier molecular flexibility index (Phi) is 2.93.